The molecule has 7 N–H and O–H groups in total. The fourth-order valence-corrected chi connectivity index (χ4v) is 2.08. The lowest BCUT2D eigenvalue weighted by molar-refractivity contribution is -0.137. The summed E-state index contributed by atoms with van der Waals surface area (Å²) in [6, 6.07) is 3.56. The molecule has 0 saturated heterocycles. The van der Waals surface area contributed by atoms with E-state index in [-0.39, 0.29) is 5.92 Å². The Labute approximate surface area is 156 Å². The van der Waals surface area contributed by atoms with Crippen LogP contribution in [0, 0.1) is 12.8 Å². The summed E-state index contributed by atoms with van der Waals surface area (Å²) in [5.74, 6) is -2.65. The van der Waals surface area contributed by atoms with E-state index in [1.807, 2.05) is 6.92 Å². The predicted octanol–water partition coefficient (Wildman–Crippen LogP) is 0.0403. The average molecular weight is 379 g/mol. The first-order valence-electron chi connectivity index (χ1n) is 8.30. The fourth-order valence-electron chi connectivity index (χ4n) is 2.08. The lowest BCUT2D eigenvalue weighted by Crippen LogP contribution is -2.52. The number of nitrogens with two attached hydrogens (primary N) is 1. The van der Waals surface area contributed by atoms with Gasteiger partial charge in [0.1, 0.15) is 12.6 Å². The summed E-state index contributed by atoms with van der Waals surface area (Å²) in [4.78, 5) is 46.3. The molecule has 0 aliphatic carbocycles. The molecule has 0 aromatic heterocycles. The first kappa shape index (κ1) is 21.7. The maximum Gasteiger partial charge on any atom is 0.322 e. The smallest absolute Gasteiger partial charge is 0.322 e. The number of hydrogen-bond donors (Lipinski definition) is 6. The summed E-state index contributed by atoms with van der Waals surface area (Å²) in [6.07, 6.45) is 0. The summed E-state index contributed by atoms with van der Waals surface area (Å²) in [6.45, 7) is 4.37. The van der Waals surface area contributed by atoms with Crippen LogP contribution in [0.3, 0.4) is 0 Å². The Balaban J connectivity index is 2.59. The van der Waals surface area contributed by atoms with Crippen molar-refractivity contribution in [3.05, 3.63) is 23.8 Å². The first-order chi connectivity index (χ1) is 12.6. The van der Waals surface area contributed by atoms with Gasteiger partial charge in [-0.2, -0.15) is 0 Å². The number of nitrogen functional groups attached to an aromatic ring is 1. The molecule has 0 aliphatic rings. The van der Waals surface area contributed by atoms with Crippen LogP contribution in [0.15, 0.2) is 18.2 Å². The van der Waals surface area contributed by atoms with E-state index < -0.39 is 42.9 Å². The molecule has 27 heavy (non-hydrogen) atoms. The molecule has 0 spiro atoms. The average Bonchev–Trinajstić information content (AvgIpc) is 2.58. The standard InChI is InChI=1S/C17H25N5O5/c1-9(2)15(16(26)20-7-13(23)19-8-14(24)25)22-17(27)21-11-5-4-10(3)12(18)6-11/h4-6,9,15H,7-8,18H2,1-3H3,(H,19,23)(H,20,26)(H,24,25)(H2,21,22,27)/t15-/m0/s1. The van der Waals surface area contributed by atoms with E-state index in [1.165, 1.54) is 0 Å². The van der Waals surface area contributed by atoms with E-state index in [0.717, 1.165) is 5.56 Å². The molecule has 4 amide bonds. The van der Waals surface area contributed by atoms with Gasteiger partial charge < -0.3 is 32.1 Å². The highest BCUT2D eigenvalue weighted by molar-refractivity contribution is 5.95. The van der Waals surface area contributed by atoms with E-state index in [0.29, 0.717) is 11.4 Å². The third-order valence-corrected chi connectivity index (χ3v) is 3.63. The van der Waals surface area contributed by atoms with Gasteiger partial charge in [0.25, 0.3) is 0 Å². The zero-order valence-electron chi connectivity index (χ0n) is 15.5. The molecule has 0 bridgehead atoms. The van der Waals surface area contributed by atoms with Crippen LogP contribution in [-0.2, 0) is 14.4 Å². The number of aliphatic carboxylic acids is 1. The number of carboxylic acids is 1. The molecule has 0 heterocycles. The van der Waals surface area contributed by atoms with Crippen molar-refractivity contribution < 1.29 is 24.3 Å². The van der Waals surface area contributed by atoms with Crippen molar-refractivity contribution in [3.63, 3.8) is 0 Å². The van der Waals surface area contributed by atoms with Gasteiger partial charge in [-0.1, -0.05) is 19.9 Å². The first-order valence-corrected chi connectivity index (χ1v) is 8.30. The minimum absolute atomic E-state index is 0.249. The summed E-state index contributed by atoms with van der Waals surface area (Å²) in [5, 5.41) is 18.1. The molecule has 10 heteroatoms. The summed E-state index contributed by atoms with van der Waals surface area (Å²) in [5.41, 5.74) is 7.68. The number of carbonyl (C=O) groups is 4. The minimum atomic E-state index is -1.19. The molecule has 1 atom stereocenters. The van der Waals surface area contributed by atoms with Gasteiger partial charge in [-0.3, -0.25) is 14.4 Å². The number of urea groups is 1. The number of benzene rings is 1. The largest absolute Gasteiger partial charge is 0.480 e. The minimum Gasteiger partial charge on any atom is -0.480 e. The van der Waals surface area contributed by atoms with Gasteiger partial charge in [-0.05, 0) is 30.5 Å². The van der Waals surface area contributed by atoms with Gasteiger partial charge in [0.05, 0.1) is 6.54 Å². The van der Waals surface area contributed by atoms with Crippen LogP contribution < -0.4 is 27.0 Å². The molecule has 10 nitrogen and oxygen atoms in total. The zero-order chi connectivity index (χ0) is 20.6. The molecule has 1 aromatic carbocycles. The third kappa shape index (κ3) is 7.63. The molecule has 0 radical (unpaired) electrons. The Morgan fingerprint density at radius 3 is 2.33 bits per heavy atom. The Kier molecular flexibility index (Phi) is 8.05. The molecule has 0 unspecified atom stereocenters. The van der Waals surface area contributed by atoms with Crippen LogP contribution in [-0.4, -0.2) is 48.1 Å². The van der Waals surface area contributed by atoms with Crippen LogP contribution in [0.5, 0.6) is 0 Å². The van der Waals surface area contributed by atoms with Crippen LogP contribution in [0.4, 0.5) is 16.2 Å². The number of aryl methyl sites for hydroxylation is 1. The quantitative estimate of drug-likeness (QED) is 0.349. The maximum absolute atomic E-state index is 12.2. The summed E-state index contributed by atoms with van der Waals surface area (Å²) >= 11 is 0. The fraction of sp³-hybridized carbons (Fsp3) is 0.412. The number of hydrogen-bond acceptors (Lipinski definition) is 5. The molecule has 1 rings (SSSR count). The second-order valence-electron chi connectivity index (χ2n) is 6.28. The highest BCUT2D eigenvalue weighted by atomic mass is 16.4. The van der Waals surface area contributed by atoms with Gasteiger partial charge >= 0.3 is 12.0 Å². The van der Waals surface area contributed by atoms with E-state index in [4.69, 9.17) is 10.8 Å². The van der Waals surface area contributed by atoms with E-state index in [9.17, 15) is 19.2 Å². The lowest BCUT2D eigenvalue weighted by Gasteiger charge is -2.22. The monoisotopic (exact) mass is 379 g/mol. The number of carboxylic acid groups (broad SMARTS) is 1. The van der Waals surface area contributed by atoms with E-state index in [1.54, 1.807) is 32.0 Å². The summed E-state index contributed by atoms with van der Waals surface area (Å²) < 4.78 is 0. The Hall–Kier alpha value is -3.30. The lowest BCUT2D eigenvalue weighted by atomic mass is 10.0. The van der Waals surface area contributed by atoms with Crippen molar-refractivity contribution >= 4 is 35.2 Å². The number of amides is 4. The number of nitrogens with one attached hydrogen (secondary N) is 4. The normalized spacial score (nSPS) is 11.4. The number of carbonyl (C=O) groups excluding carboxylic acids is 3. The van der Waals surface area contributed by atoms with Crippen molar-refractivity contribution in [1.29, 1.82) is 0 Å². The van der Waals surface area contributed by atoms with Crippen molar-refractivity contribution in [2.75, 3.05) is 24.1 Å². The predicted molar refractivity (Wildman–Crippen MR) is 100 cm³/mol. The molecular formula is C17H25N5O5. The van der Waals surface area contributed by atoms with Crippen molar-refractivity contribution in [2.24, 2.45) is 5.92 Å². The molecule has 0 fully saturated rings. The highest BCUT2D eigenvalue weighted by Crippen LogP contribution is 2.16. The zero-order valence-corrected chi connectivity index (χ0v) is 15.5. The Morgan fingerprint density at radius 1 is 1.11 bits per heavy atom. The maximum atomic E-state index is 12.2. The van der Waals surface area contributed by atoms with Crippen LogP contribution in [0.25, 0.3) is 0 Å². The Morgan fingerprint density at radius 2 is 1.78 bits per heavy atom. The molecule has 0 aliphatic heterocycles. The topological polar surface area (TPSA) is 163 Å². The second kappa shape index (κ2) is 10.00. The Bertz CT molecular complexity index is 720. The molecule has 1 aromatic rings. The third-order valence-electron chi connectivity index (χ3n) is 3.63. The van der Waals surface area contributed by atoms with Crippen LogP contribution in [0.2, 0.25) is 0 Å². The van der Waals surface area contributed by atoms with Crippen molar-refractivity contribution in [2.45, 2.75) is 26.8 Å². The van der Waals surface area contributed by atoms with Crippen molar-refractivity contribution in [3.8, 4) is 0 Å². The number of rotatable bonds is 8. The summed E-state index contributed by atoms with van der Waals surface area (Å²) in [7, 11) is 0. The van der Waals surface area contributed by atoms with E-state index >= 15 is 0 Å². The van der Waals surface area contributed by atoms with Gasteiger partial charge in [0.2, 0.25) is 11.8 Å². The van der Waals surface area contributed by atoms with E-state index in [2.05, 4.69) is 21.3 Å². The molecule has 148 valence electrons. The second-order valence-corrected chi connectivity index (χ2v) is 6.28. The molecular weight excluding hydrogens is 354 g/mol. The SMILES string of the molecule is Cc1ccc(NC(=O)N[C@H](C(=O)NCC(=O)NCC(=O)O)C(C)C)cc1N. The van der Waals surface area contributed by atoms with Gasteiger partial charge in [0.15, 0.2) is 0 Å². The molecule has 0 saturated carbocycles. The number of anilines is 2. The van der Waals surface area contributed by atoms with Gasteiger partial charge in [0, 0.05) is 11.4 Å². The van der Waals surface area contributed by atoms with Gasteiger partial charge in [-0.15, -0.1) is 0 Å². The van der Waals surface area contributed by atoms with Crippen LogP contribution >= 0.6 is 0 Å². The van der Waals surface area contributed by atoms with Gasteiger partial charge in [-0.25, -0.2) is 4.79 Å². The highest BCUT2D eigenvalue weighted by Gasteiger charge is 2.24. The van der Waals surface area contributed by atoms with Crippen molar-refractivity contribution in [1.82, 2.24) is 16.0 Å². The van der Waals surface area contributed by atoms with Crippen LogP contribution in [0.1, 0.15) is 19.4 Å².